The van der Waals surface area contributed by atoms with Gasteiger partial charge in [0.25, 0.3) is 0 Å². The van der Waals surface area contributed by atoms with Crippen LogP contribution in [0, 0.1) is 0 Å². The van der Waals surface area contributed by atoms with Crippen LogP contribution in [-0.2, 0) is 6.18 Å². The number of hydrogen-bond donors (Lipinski definition) is 0. The van der Waals surface area contributed by atoms with Gasteiger partial charge < -0.3 is 9.64 Å². The van der Waals surface area contributed by atoms with Gasteiger partial charge in [-0.3, -0.25) is 0 Å². The van der Waals surface area contributed by atoms with E-state index in [1.165, 1.54) is 12.3 Å². The summed E-state index contributed by atoms with van der Waals surface area (Å²) in [5.41, 5.74) is 0.534. The van der Waals surface area contributed by atoms with Crippen LogP contribution in [0.1, 0.15) is 18.5 Å². The first-order chi connectivity index (χ1) is 12.5. The molecule has 0 bridgehead atoms. The van der Waals surface area contributed by atoms with E-state index in [4.69, 9.17) is 4.74 Å². The molecule has 0 spiro atoms. The van der Waals surface area contributed by atoms with Crippen molar-refractivity contribution in [2.75, 3.05) is 18.0 Å². The summed E-state index contributed by atoms with van der Waals surface area (Å²) < 4.78 is 45.4. The molecule has 1 aliphatic rings. The molecule has 1 saturated heterocycles. The topological polar surface area (TPSA) is 55.6 Å². The van der Waals surface area contributed by atoms with Crippen molar-refractivity contribution >= 4 is 11.3 Å². The van der Waals surface area contributed by atoms with Crippen molar-refractivity contribution in [1.29, 1.82) is 0 Å². The zero-order valence-electron chi connectivity index (χ0n) is 13.7. The second-order valence-corrected chi connectivity index (χ2v) is 6.10. The van der Waals surface area contributed by atoms with E-state index >= 15 is 0 Å². The Balaban J connectivity index is 1.36. The van der Waals surface area contributed by atoms with E-state index in [2.05, 4.69) is 15.1 Å². The summed E-state index contributed by atoms with van der Waals surface area (Å²) in [5.74, 6) is 0.549. The number of piperidine rings is 1. The van der Waals surface area contributed by atoms with Crippen LogP contribution < -0.4 is 9.64 Å². The summed E-state index contributed by atoms with van der Waals surface area (Å²) in [6, 6.07) is 6.05. The van der Waals surface area contributed by atoms with Gasteiger partial charge in [0, 0.05) is 44.3 Å². The van der Waals surface area contributed by atoms with Gasteiger partial charge in [-0.05, 0) is 12.1 Å². The molecule has 136 valence electrons. The van der Waals surface area contributed by atoms with Crippen LogP contribution in [0.5, 0.6) is 5.88 Å². The maximum absolute atomic E-state index is 12.6. The lowest BCUT2D eigenvalue weighted by atomic mass is 10.1. The Labute approximate surface area is 147 Å². The van der Waals surface area contributed by atoms with Gasteiger partial charge in [0.15, 0.2) is 5.65 Å². The van der Waals surface area contributed by atoms with E-state index in [9.17, 15) is 13.2 Å². The number of alkyl halides is 3. The van der Waals surface area contributed by atoms with Crippen LogP contribution in [0.25, 0.3) is 5.65 Å². The van der Waals surface area contributed by atoms with Gasteiger partial charge in [0.2, 0.25) is 5.88 Å². The average molecular weight is 363 g/mol. The van der Waals surface area contributed by atoms with Crippen LogP contribution in [0.4, 0.5) is 18.9 Å². The highest BCUT2D eigenvalue weighted by atomic mass is 19.4. The fourth-order valence-electron chi connectivity index (χ4n) is 3.00. The van der Waals surface area contributed by atoms with Gasteiger partial charge in [-0.25, -0.2) is 9.50 Å². The molecule has 3 aromatic rings. The third-order valence-corrected chi connectivity index (χ3v) is 4.37. The Morgan fingerprint density at radius 1 is 1.08 bits per heavy atom. The molecule has 0 aliphatic carbocycles. The minimum Gasteiger partial charge on any atom is -0.474 e. The molecule has 0 aromatic carbocycles. The number of aromatic nitrogens is 4. The lowest BCUT2D eigenvalue weighted by molar-refractivity contribution is -0.141. The van der Waals surface area contributed by atoms with Crippen LogP contribution >= 0.6 is 0 Å². The number of ether oxygens (including phenoxy) is 1. The molecule has 0 radical (unpaired) electrons. The number of rotatable bonds is 3. The first-order valence-corrected chi connectivity index (χ1v) is 8.24. The Morgan fingerprint density at radius 2 is 1.88 bits per heavy atom. The minimum atomic E-state index is -4.41. The number of anilines is 1. The fraction of sp³-hybridized carbons (Fsp3) is 0.353. The molecule has 26 heavy (non-hydrogen) atoms. The van der Waals surface area contributed by atoms with Gasteiger partial charge in [-0.1, -0.05) is 0 Å². The third kappa shape index (κ3) is 3.42. The fourth-order valence-corrected chi connectivity index (χ4v) is 3.00. The van der Waals surface area contributed by atoms with Crippen LogP contribution in [0.3, 0.4) is 0 Å². The number of hydrogen-bond acceptors (Lipinski definition) is 5. The maximum Gasteiger partial charge on any atom is 0.433 e. The molecule has 0 atom stereocenters. The van der Waals surface area contributed by atoms with E-state index < -0.39 is 11.9 Å². The molecule has 4 heterocycles. The second kappa shape index (κ2) is 6.47. The first kappa shape index (κ1) is 16.6. The SMILES string of the molecule is FC(F)(F)c1ccc(N2CCC(Oc3ccn4nccc4n3)CC2)cn1. The first-order valence-electron chi connectivity index (χ1n) is 8.24. The molecule has 3 aromatic heterocycles. The predicted octanol–water partition coefficient (Wildman–Crippen LogP) is 3.19. The van der Waals surface area contributed by atoms with Crippen LogP contribution in [-0.4, -0.2) is 38.8 Å². The zero-order chi connectivity index (χ0) is 18.1. The van der Waals surface area contributed by atoms with E-state index in [0.29, 0.717) is 24.7 Å². The van der Waals surface area contributed by atoms with Crippen molar-refractivity contribution in [1.82, 2.24) is 19.6 Å². The highest BCUT2D eigenvalue weighted by Crippen LogP contribution is 2.29. The van der Waals surface area contributed by atoms with Crippen molar-refractivity contribution in [2.45, 2.75) is 25.1 Å². The Hall–Kier alpha value is -2.84. The molecular weight excluding hydrogens is 347 g/mol. The minimum absolute atomic E-state index is 0.0199. The Bertz CT molecular complexity index is 885. The lowest BCUT2D eigenvalue weighted by Gasteiger charge is -2.33. The van der Waals surface area contributed by atoms with Crippen molar-refractivity contribution in [3.63, 3.8) is 0 Å². The quantitative estimate of drug-likeness (QED) is 0.715. The summed E-state index contributed by atoms with van der Waals surface area (Å²) in [5, 5.41) is 4.09. The number of halogens is 3. The van der Waals surface area contributed by atoms with E-state index in [-0.39, 0.29) is 6.10 Å². The van der Waals surface area contributed by atoms with Crippen LogP contribution in [0.2, 0.25) is 0 Å². The summed E-state index contributed by atoms with van der Waals surface area (Å²) in [4.78, 5) is 9.92. The molecule has 0 unspecified atom stereocenters. The number of fused-ring (bicyclic) bond motifs is 1. The van der Waals surface area contributed by atoms with Gasteiger partial charge >= 0.3 is 6.18 Å². The second-order valence-electron chi connectivity index (χ2n) is 6.10. The van der Waals surface area contributed by atoms with E-state index in [1.807, 2.05) is 4.90 Å². The smallest absolute Gasteiger partial charge is 0.433 e. The predicted molar refractivity (Wildman–Crippen MR) is 88.1 cm³/mol. The molecular formula is C17H16F3N5O. The number of pyridine rings is 1. The third-order valence-electron chi connectivity index (χ3n) is 4.37. The van der Waals surface area contributed by atoms with E-state index in [1.54, 1.807) is 29.0 Å². The monoisotopic (exact) mass is 363 g/mol. The normalized spacial score (nSPS) is 16.2. The highest BCUT2D eigenvalue weighted by molar-refractivity contribution is 5.45. The van der Waals surface area contributed by atoms with Gasteiger partial charge in [0.1, 0.15) is 11.8 Å². The molecule has 0 amide bonds. The van der Waals surface area contributed by atoms with Gasteiger partial charge in [0.05, 0.1) is 18.1 Å². The molecule has 1 fully saturated rings. The molecule has 1 aliphatic heterocycles. The lowest BCUT2D eigenvalue weighted by Crippen LogP contribution is -2.38. The van der Waals surface area contributed by atoms with Crippen molar-refractivity contribution in [3.05, 3.63) is 48.5 Å². The number of nitrogens with zero attached hydrogens (tertiary/aromatic N) is 5. The molecule has 4 rings (SSSR count). The van der Waals surface area contributed by atoms with Gasteiger partial charge in [-0.2, -0.15) is 23.3 Å². The highest BCUT2D eigenvalue weighted by Gasteiger charge is 2.32. The molecule has 0 N–H and O–H groups in total. The largest absolute Gasteiger partial charge is 0.474 e. The molecule has 0 saturated carbocycles. The summed E-state index contributed by atoms with van der Waals surface area (Å²) in [7, 11) is 0. The summed E-state index contributed by atoms with van der Waals surface area (Å²) in [6.45, 7) is 1.37. The summed E-state index contributed by atoms with van der Waals surface area (Å²) in [6.07, 6.45) is 1.86. The average Bonchev–Trinajstić information content (AvgIpc) is 3.10. The van der Waals surface area contributed by atoms with Crippen molar-refractivity contribution in [2.24, 2.45) is 0 Å². The zero-order valence-corrected chi connectivity index (χ0v) is 13.7. The Kier molecular flexibility index (Phi) is 4.14. The van der Waals surface area contributed by atoms with E-state index in [0.717, 1.165) is 24.6 Å². The molecule has 9 heteroatoms. The summed E-state index contributed by atoms with van der Waals surface area (Å²) >= 11 is 0. The Morgan fingerprint density at radius 3 is 2.58 bits per heavy atom. The van der Waals surface area contributed by atoms with Crippen LogP contribution in [0.15, 0.2) is 42.9 Å². The maximum atomic E-state index is 12.6. The standard InChI is InChI=1S/C17H16F3N5O/c18-17(19,20)14-2-1-12(11-21-14)24-8-4-13(5-9-24)26-16-6-10-25-15(23-16)3-7-22-25/h1-3,6-7,10-11,13H,4-5,8-9H2. The van der Waals surface area contributed by atoms with Crippen molar-refractivity contribution < 1.29 is 17.9 Å². The van der Waals surface area contributed by atoms with Gasteiger partial charge in [-0.15, -0.1) is 0 Å². The van der Waals surface area contributed by atoms with Crippen molar-refractivity contribution in [3.8, 4) is 5.88 Å². The molecule has 6 nitrogen and oxygen atoms in total.